The molecule has 1 amide bonds. The summed E-state index contributed by atoms with van der Waals surface area (Å²) < 4.78 is 23.2. The van der Waals surface area contributed by atoms with Gasteiger partial charge in [-0.05, 0) is 48.6 Å². The first-order chi connectivity index (χ1) is 11.5. The van der Waals surface area contributed by atoms with Gasteiger partial charge in [0.15, 0.2) is 0 Å². The first-order valence-corrected chi connectivity index (χ1v) is 9.53. The van der Waals surface area contributed by atoms with E-state index in [4.69, 9.17) is 5.14 Å². The third-order valence-corrected chi connectivity index (χ3v) is 5.19. The Morgan fingerprint density at radius 3 is 2.38 bits per heavy atom. The molecule has 126 valence electrons. The SMILES string of the molecule is NS(=O)(=O)c1cccc(-c2ccccc2C(=O)N2CCCCC2)c1. The van der Waals surface area contributed by atoms with Gasteiger partial charge in [0, 0.05) is 18.7 Å². The summed E-state index contributed by atoms with van der Waals surface area (Å²) in [7, 11) is -3.78. The van der Waals surface area contributed by atoms with Crippen LogP contribution in [0.3, 0.4) is 0 Å². The normalized spacial score (nSPS) is 15.3. The van der Waals surface area contributed by atoms with Crippen molar-refractivity contribution in [2.75, 3.05) is 13.1 Å². The van der Waals surface area contributed by atoms with Crippen molar-refractivity contribution in [3.63, 3.8) is 0 Å². The van der Waals surface area contributed by atoms with E-state index in [-0.39, 0.29) is 10.8 Å². The average molecular weight is 344 g/mol. The predicted molar refractivity (Wildman–Crippen MR) is 93.0 cm³/mol. The summed E-state index contributed by atoms with van der Waals surface area (Å²) in [6.07, 6.45) is 3.20. The number of carbonyl (C=O) groups is 1. The molecule has 24 heavy (non-hydrogen) atoms. The van der Waals surface area contributed by atoms with Gasteiger partial charge >= 0.3 is 0 Å². The smallest absolute Gasteiger partial charge is 0.254 e. The fourth-order valence-corrected chi connectivity index (χ4v) is 3.59. The maximum atomic E-state index is 12.9. The zero-order valence-corrected chi connectivity index (χ0v) is 14.1. The van der Waals surface area contributed by atoms with Crippen molar-refractivity contribution in [1.82, 2.24) is 4.90 Å². The number of nitrogens with two attached hydrogens (primary N) is 1. The minimum atomic E-state index is -3.78. The number of sulfonamides is 1. The number of hydrogen-bond donors (Lipinski definition) is 1. The molecule has 0 atom stereocenters. The largest absolute Gasteiger partial charge is 0.339 e. The Bertz CT molecular complexity index is 856. The molecule has 0 unspecified atom stereocenters. The van der Waals surface area contributed by atoms with Gasteiger partial charge in [0.25, 0.3) is 5.91 Å². The topological polar surface area (TPSA) is 80.5 Å². The van der Waals surface area contributed by atoms with Crippen LogP contribution in [0.25, 0.3) is 11.1 Å². The van der Waals surface area contributed by atoms with Crippen LogP contribution in [0, 0.1) is 0 Å². The van der Waals surface area contributed by atoms with Gasteiger partial charge in [-0.15, -0.1) is 0 Å². The molecule has 1 aliphatic heterocycles. The molecule has 0 aromatic heterocycles. The van der Waals surface area contributed by atoms with Gasteiger partial charge in [0.1, 0.15) is 0 Å². The van der Waals surface area contributed by atoms with E-state index < -0.39 is 10.0 Å². The average Bonchev–Trinajstić information content (AvgIpc) is 2.61. The summed E-state index contributed by atoms with van der Waals surface area (Å²) in [5.41, 5.74) is 1.98. The number of amides is 1. The van der Waals surface area contributed by atoms with Crippen LogP contribution in [-0.4, -0.2) is 32.3 Å². The standard InChI is InChI=1S/C18H20N2O3S/c19-24(22,23)15-8-6-7-14(13-15)16-9-2-3-10-17(16)18(21)20-11-4-1-5-12-20/h2-3,6-10,13H,1,4-5,11-12H2,(H2,19,22,23). The van der Waals surface area contributed by atoms with Crippen LogP contribution in [0.5, 0.6) is 0 Å². The first-order valence-electron chi connectivity index (χ1n) is 7.98. The summed E-state index contributed by atoms with van der Waals surface area (Å²) in [6.45, 7) is 1.54. The molecule has 1 saturated heterocycles. The third kappa shape index (κ3) is 3.49. The monoisotopic (exact) mass is 344 g/mol. The van der Waals surface area contributed by atoms with Crippen LogP contribution in [0.15, 0.2) is 53.4 Å². The van der Waals surface area contributed by atoms with Crippen molar-refractivity contribution in [3.05, 3.63) is 54.1 Å². The molecule has 2 aromatic carbocycles. The molecule has 0 radical (unpaired) electrons. The molecule has 1 fully saturated rings. The number of nitrogens with zero attached hydrogens (tertiary/aromatic N) is 1. The lowest BCUT2D eigenvalue weighted by Gasteiger charge is -2.27. The number of piperidine rings is 1. The Balaban J connectivity index is 2.02. The van der Waals surface area contributed by atoms with E-state index in [1.165, 1.54) is 12.1 Å². The second-order valence-corrected chi connectivity index (χ2v) is 7.53. The van der Waals surface area contributed by atoms with E-state index in [9.17, 15) is 13.2 Å². The first kappa shape index (κ1) is 16.7. The number of benzene rings is 2. The Labute approximate surface area is 142 Å². The van der Waals surface area contributed by atoms with Gasteiger partial charge in [0.05, 0.1) is 4.90 Å². The maximum absolute atomic E-state index is 12.9. The molecule has 6 heteroatoms. The van der Waals surface area contributed by atoms with Crippen molar-refractivity contribution >= 4 is 15.9 Å². The summed E-state index contributed by atoms with van der Waals surface area (Å²) in [5, 5.41) is 5.22. The minimum Gasteiger partial charge on any atom is -0.339 e. The summed E-state index contributed by atoms with van der Waals surface area (Å²) in [4.78, 5) is 14.8. The summed E-state index contributed by atoms with van der Waals surface area (Å²) >= 11 is 0. The summed E-state index contributed by atoms with van der Waals surface area (Å²) in [6, 6.07) is 13.7. The van der Waals surface area contributed by atoms with Crippen LogP contribution < -0.4 is 5.14 Å². The Hall–Kier alpha value is -2.18. The van der Waals surface area contributed by atoms with E-state index in [0.29, 0.717) is 11.1 Å². The second-order valence-electron chi connectivity index (χ2n) is 5.97. The molecule has 1 heterocycles. The van der Waals surface area contributed by atoms with Crippen molar-refractivity contribution in [2.45, 2.75) is 24.2 Å². The van der Waals surface area contributed by atoms with Crippen molar-refractivity contribution in [2.24, 2.45) is 5.14 Å². The molecule has 2 N–H and O–H groups in total. The number of likely N-dealkylation sites (tertiary alicyclic amines) is 1. The lowest BCUT2D eigenvalue weighted by molar-refractivity contribution is 0.0725. The lowest BCUT2D eigenvalue weighted by Crippen LogP contribution is -2.35. The predicted octanol–water partition coefficient (Wildman–Crippen LogP) is 2.63. The van der Waals surface area contributed by atoms with Gasteiger partial charge in [-0.1, -0.05) is 30.3 Å². The number of rotatable bonds is 3. The zero-order chi connectivity index (χ0) is 17.2. The highest BCUT2D eigenvalue weighted by Gasteiger charge is 2.21. The molecule has 1 aliphatic rings. The number of primary sulfonamides is 1. The second kappa shape index (κ2) is 6.75. The van der Waals surface area contributed by atoms with E-state index in [1.807, 2.05) is 23.1 Å². The highest BCUT2D eigenvalue weighted by molar-refractivity contribution is 7.89. The molecule has 5 nitrogen and oxygen atoms in total. The zero-order valence-electron chi connectivity index (χ0n) is 13.3. The minimum absolute atomic E-state index is 0.00805. The van der Waals surface area contributed by atoms with Crippen LogP contribution >= 0.6 is 0 Å². The molecule has 0 bridgehead atoms. The fraction of sp³-hybridized carbons (Fsp3) is 0.278. The maximum Gasteiger partial charge on any atom is 0.254 e. The molecule has 0 spiro atoms. The number of carbonyl (C=O) groups excluding carboxylic acids is 1. The Morgan fingerprint density at radius 1 is 0.958 bits per heavy atom. The Morgan fingerprint density at radius 2 is 1.67 bits per heavy atom. The van der Waals surface area contributed by atoms with E-state index >= 15 is 0 Å². The van der Waals surface area contributed by atoms with Crippen molar-refractivity contribution in [3.8, 4) is 11.1 Å². The van der Waals surface area contributed by atoms with Gasteiger partial charge in [-0.25, -0.2) is 13.6 Å². The highest BCUT2D eigenvalue weighted by Crippen LogP contribution is 2.27. The van der Waals surface area contributed by atoms with Crippen LogP contribution in [0.2, 0.25) is 0 Å². The number of hydrogen-bond acceptors (Lipinski definition) is 3. The highest BCUT2D eigenvalue weighted by atomic mass is 32.2. The van der Waals surface area contributed by atoms with E-state index in [0.717, 1.165) is 37.9 Å². The molecule has 0 aliphatic carbocycles. The molecule has 2 aromatic rings. The Kier molecular flexibility index (Phi) is 4.69. The van der Waals surface area contributed by atoms with Crippen molar-refractivity contribution in [1.29, 1.82) is 0 Å². The van der Waals surface area contributed by atoms with Gasteiger partial charge in [-0.2, -0.15) is 0 Å². The van der Waals surface area contributed by atoms with Crippen LogP contribution in [0.4, 0.5) is 0 Å². The van der Waals surface area contributed by atoms with Gasteiger partial charge in [0.2, 0.25) is 10.0 Å². The fourth-order valence-electron chi connectivity index (χ4n) is 3.03. The van der Waals surface area contributed by atoms with Gasteiger partial charge in [-0.3, -0.25) is 4.79 Å². The van der Waals surface area contributed by atoms with E-state index in [1.54, 1.807) is 18.2 Å². The van der Waals surface area contributed by atoms with E-state index in [2.05, 4.69) is 0 Å². The van der Waals surface area contributed by atoms with Gasteiger partial charge < -0.3 is 4.90 Å². The molecule has 0 saturated carbocycles. The quantitative estimate of drug-likeness (QED) is 0.929. The molecular weight excluding hydrogens is 324 g/mol. The van der Waals surface area contributed by atoms with Crippen LogP contribution in [-0.2, 0) is 10.0 Å². The third-order valence-electron chi connectivity index (χ3n) is 4.27. The molecule has 3 rings (SSSR count). The van der Waals surface area contributed by atoms with Crippen molar-refractivity contribution < 1.29 is 13.2 Å². The molecular formula is C18H20N2O3S. The summed E-state index contributed by atoms with van der Waals surface area (Å²) in [5.74, 6) is -0.00805. The van der Waals surface area contributed by atoms with Crippen LogP contribution in [0.1, 0.15) is 29.6 Å². The lowest BCUT2D eigenvalue weighted by atomic mass is 9.98.